The van der Waals surface area contributed by atoms with Crippen molar-refractivity contribution in [2.24, 2.45) is 0 Å². The molecule has 0 unspecified atom stereocenters. The molecule has 1 N–H and O–H groups in total. The lowest BCUT2D eigenvalue weighted by atomic mass is 10.2. The molecule has 5 heteroatoms. The van der Waals surface area contributed by atoms with Crippen LogP contribution in [0.1, 0.15) is 20.7 Å². The zero-order chi connectivity index (χ0) is 15.1. The van der Waals surface area contributed by atoms with Crippen molar-refractivity contribution in [1.29, 1.82) is 0 Å². The van der Waals surface area contributed by atoms with Gasteiger partial charge < -0.3 is 14.8 Å². The summed E-state index contributed by atoms with van der Waals surface area (Å²) in [6, 6.07) is 15.2. The van der Waals surface area contributed by atoms with Gasteiger partial charge in [-0.2, -0.15) is 0 Å². The molecule has 0 bridgehead atoms. The molecule has 0 saturated heterocycles. The van der Waals surface area contributed by atoms with Gasteiger partial charge in [0.1, 0.15) is 5.75 Å². The molecule has 0 aromatic heterocycles. The first kappa shape index (κ1) is 14.6. The Morgan fingerprint density at radius 2 is 1.62 bits per heavy atom. The van der Waals surface area contributed by atoms with Crippen molar-refractivity contribution in [3.8, 4) is 5.75 Å². The Bertz CT molecular complexity index is 608. The second-order valence-corrected chi connectivity index (χ2v) is 4.18. The van der Waals surface area contributed by atoms with Gasteiger partial charge in [-0.25, -0.2) is 4.79 Å². The largest absolute Gasteiger partial charge is 0.497 e. The number of nitrogens with one attached hydrogen (secondary N) is 1. The number of rotatable bonds is 5. The first-order valence-corrected chi connectivity index (χ1v) is 6.35. The monoisotopic (exact) mass is 285 g/mol. The highest BCUT2D eigenvalue weighted by Crippen LogP contribution is 2.11. The van der Waals surface area contributed by atoms with E-state index in [-0.39, 0.29) is 12.6 Å². The van der Waals surface area contributed by atoms with E-state index in [9.17, 15) is 9.59 Å². The van der Waals surface area contributed by atoms with Gasteiger partial charge in [-0.3, -0.25) is 4.79 Å². The number of hydrogen-bond donors (Lipinski definition) is 1. The molecule has 0 aliphatic heterocycles. The van der Waals surface area contributed by atoms with Crippen molar-refractivity contribution in [3.63, 3.8) is 0 Å². The van der Waals surface area contributed by atoms with Gasteiger partial charge in [-0.15, -0.1) is 0 Å². The Labute approximate surface area is 122 Å². The summed E-state index contributed by atoms with van der Waals surface area (Å²) in [5, 5.41) is 2.52. The Balaban J connectivity index is 1.82. The van der Waals surface area contributed by atoms with E-state index in [1.165, 1.54) is 0 Å². The summed E-state index contributed by atoms with van der Waals surface area (Å²) in [6.45, 7) is -0.182. The third kappa shape index (κ3) is 4.07. The molecule has 21 heavy (non-hydrogen) atoms. The Morgan fingerprint density at radius 3 is 2.24 bits per heavy atom. The maximum atomic E-state index is 11.7. The van der Waals surface area contributed by atoms with Crippen LogP contribution < -0.4 is 10.1 Å². The molecule has 0 radical (unpaired) electrons. The van der Waals surface area contributed by atoms with Crippen molar-refractivity contribution in [2.75, 3.05) is 13.8 Å². The number of esters is 1. The molecule has 0 fully saturated rings. The van der Waals surface area contributed by atoms with Gasteiger partial charge in [0.2, 0.25) is 0 Å². The van der Waals surface area contributed by atoms with E-state index in [2.05, 4.69) is 5.32 Å². The molecule has 0 aliphatic rings. The summed E-state index contributed by atoms with van der Waals surface area (Å²) in [6.07, 6.45) is 0. The van der Waals surface area contributed by atoms with Gasteiger partial charge in [-0.05, 0) is 36.4 Å². The van der Waals surface area contributed by atoms with Crippen LogP contribution in [-0.2, 0) is 4.74 Å². The number of hydrogen-bond acceptors (Lipinski definition) is 4. The highest BCUT2D eigenvalue weighted by molar-refractivity contribution is 5.94. The predicted molar refractivity (Wildman–Crippen MR) is 77.2 cm³/mol. The molecule has 108 valence electrons. The van der Waals surface area contributed by atoms with E-state index in [0.717, 1.165) is 0 Å². The minimum Gasteiger partial charge on any atom is -0.497 e. The molecule has 0 atom stereocenters. The van der Waals surface area contributed by atoms with Crippen LogP contribution in [0.3, 0.4) is 0 Å². The average molecular weight is 285 g/mol. The van der Waals surface area contributed by atoms with Gasteiger partial charge in [0.05, 0.1) is 12.7 Å². The van der Waals surface area contributed by atoms with E-state index in [1.807, 2.05) is 6.07 Å². The van der Waals surface area contributed by atoms with Crippen LogP contribution in [0.2, 0.25) is 0 Å². The van der Waals surface area contributed by atoms with Gasteiger partial charge in [0.25, 0.3) is 5.91 Å². The van der Waals surface area contributed by atoms with Crippen LogP contribution >= 0.6 is 0 Å². The van der Waals surface area contributed by atoms with Gasteiger partial charge in [0.15, 0.2) is 6.73 Å². The number of ether oxygens (including phenoxy) is 2. The summed E-state index contributed by atoms with van der Waals surface area (Å²) >= 11 is 0. The number of benzene rings is 2. The van der Waals surface area contributed by atoms with Crippen LogP contribution in [0, 0.1) is 0 Å². The van der Waals surface area contributed by atoms with Gasteiger partial charge >= 0.3 is 5.97 Å². The SMILES string of the molecule is COc1ccc(C(=O)OCNC(=O)c2ccccc2)cc1. The molecule has 5 nitrogen and oxygen atoms in total. The fourth-order valence-electron chi connectivity index (χ4n) is 1.67. The lowest BCUT2D eigenvalue weighted by Gasteiger charge is -2.07. The first-order valence-electron chi connectivity index (χ1n) is 6.35. The average Bonchev–Trinajstić information content (AvgIpc) is 2.55. The Kier molecular flexibility index (Phi) is 4.93. The molecule has 2 aromatic rings. The number of amides is 1. The molecular weight excluding hydrogens is 270 g/mol. The molecule has 2 rings (SSSR count). The summed E-state index contributed by atoms with van der Waals surface area (Å²) < 4.78 is 9.98. The molecule has 1 amide bonds. The lowest BCUT2D eigenvalue weighted by molar-refractivity contribution is 0.0464. The summed E-state index contributed by atoms with van der Waals surface area (Å²) in [7, 11) is 1.55. The number of carbonyl (C=O) groups excluding carboxylic acids is 2. The highest BCUT2D eigenvalue weighted by Gasteiger charge is 2.08. The number of carbonyl (C=O) groups is 2. The van der Waals surface area contributed by atoms with Gasteiger partial charge in [0, 0.05) is 5.56 Å². The van der Waals surface area contributed by atoms with Crippen LogP contribution in [-0.4, -0.2) is 25.7 Å². The van der Waals surface area contributed by atoms with Gasteiger partial charge in [-0.1, -0.05) is 18.2 Å². The zero-order valence-corrected chi connectivity index (χ0v) is 11.5. The van der Waals surface area contributed by atoms with Crippen molar-refractivity contribution in [2.45, 2.75) is 0 Å². The number of methoxy groups -OCH3 is 1. The quantitative estimate of drug-likeness (QED) is 0.676. The van der Waals surface area contributed by atoms with Crippen molar-refractivity contribution >= 4 is 11.9 Å². The van der Waals surface area contributed by atoms with E-state index < -0.39 is 5.97 Å². The molecular formula is C16H15NO4. The minimum absolute atomic E-state index is 0.182. The van der Waals surface area contributed by atoms with Crippen molar-refractivity contribution in [3.05, 3.63) is 65.7 Å². The fraction of sp³-hybridized carbons (Fsp3) is 0.125. The van der Waals surface area contributed by atoms with E-state index in [0.29, 0.717) is 16.9 Å². The maximum absolute atomic E-state index is 11.7. The van der Waals surface area contributed by atoms with Crippen LogP contribution in [0.5, 0.6) is 5.75 Å². The Morgan fingerprint density at radius 1 is 0.952 bits per heavy atom. The van der Waals surface area contributed by atoms with E-state index in [4.69, 9.17) is 9.47 Å². The molecule has 0 aliphatic carbocycles. The standard InChI is InChI=1S/C16H15NO4/c1-20-14-9-7-13(8-10-14)16(19)21-11-17-15(18)12-5-3-2-4-6-12/h2-10H,11H2,1H3,(H,17,18). The predicted octanol–water partition coefficient (Wildman–Crippen LogP) is 2.24. The van der Waals surface area contributed by atoms with E-state index >= 15 is 0 Å². The van der Waals surface area contributed by atoms with Crippen LogP contribution in [0.25, 0.3) is 0 Å². The first-order chi connectivity index (χ1) is 10.2. The van der Waals surface area contributed by atoms with Crippen LogP contribution in [0.4, 0.5) is 0 Å². The molecule has 0 saturated carbocycles. The zero-order valence-electron chi connectivity index (χ0n) is 11.5. The second kappa shape index (κ2) is 7.09. The molecule has 0 spiro atoms. The second-order valence-electron chi connectivity index (χ2n) is 4.18. The molecule has 0 heterocycles. The smallest absolute Gasteiger partial charge is 0.339 e. The third-order valence-corrected chi connectivity index (χ3v) is 2.80. The van der Waals surface area contributed by atoms with Crippen molar-refractivity contribution < 1.29 is 19.1 Å². The maximum Gasteiger partial charge on any atom is 0.339 e. The summed E-state index contributed by atoms with van der Waals surface area (Å²) in [5.74, 6) is -0.145. The fourth-order valence-corrected chi connectivity index (χ4v) is 1.67. The topological polar surface area (TPSA) is 64.6 Å². The molecule has 2 aromatic carbocycles. The Hall–Kier alpha value is -2.82. The van der Waals surface area contributed by atoms with Crippen LogP contribution in [0.15, 0.2) is 54.6 Å². The summed E-state index contributed by atoms with van der Waals surface area (Å²) in [4.78, 5) is 23.5. The minimum atomic E-state index is -0.508. The highest BCUT2D eigenvalue weighted by atomic mass is 16.5. The lowest BCUT2D eigenvalue weighted by Crippen LogP contribution is -2.27. The van der Waals surface area contributed by atoms with E-state index in [1.54, 1.807) is 55.6 Å². The normalized spacial score (nSPS) is 9.76. The summed E-state index contributed by atoms with van der Waals surface area (Å²) in [5.41, 5.74) is 0.905. The van der Waals surface area contributed by atoms with Crippen molar-refractivity contribution in [1.82, 2.24) is 5.32 Å². The third-order valence-electron chi connectivity index (χ3n) is 2.80.